The fourth-order valence-corrected chi connectivity index (χ4v) is 6.60. The Bertz CT molecular complexity index is 1150. The summed E-state index contributed by atoms with van der Waals surface area (Å²) in [5.74, 6) is 0.556. The van der Waals surface area contributed by atoms with Gasteiger partial charge in [0.05, 0.1) is 5.69 Å². The van der Waals surface area contributed by atoms with E-state index in [1.807, 2.05) is 25.1 Å². The number of nitrogens with zero attached hydrogens (tertiary/aromatic N) is 1. The fourth-order valence-electron chi connectivity index (χ4n) is 4.02. The molecule has 1 atom stereocenters. The molecule has 1 aliphatic carbocycles. The maximum atomic E-state index is 10.1. The summed E-state index contributed by atoms with van der Waals surface area (Å²) < 4.78 is 3.08. The molecule has 32 heavy (non-hydrogen) atoms. The van der Waals surface area contributed by atoms with Gasteiger partial charge in [0.2, 0.25) is 0 Å². The molecular weight excluding hydrogens is 470 g/mol. The molecule has 0 amide bonds. The first-order chi connectivity index (χ1) is 15.6. The number of fused-ring (bicyclic) bond motifs is 1. The van der Waals surface area contributed by atoms with E-state index < -0.39 is 23.2 Å². The molecule has 0 saturated heterocycles. The number of anilines is 1. The van der Waals surface area contributed by atoms with E-state index in [1.165, 1.54) is 17.7 Å². The normalized spacial score (nSPS) is 13.6. The first-order valence-corrected chi connectivity index (χ1v) is 13.2. The third-order valence-electron chi connectivity index (χ3n) is 5.46. The van der Waals surface area contributed by atoms with Gasteiger partial charge in [-0.1, -0.05) is 48.6 Å². The van der Waals surface area contributed by atoms with Gasteiger partial charge in [0.1, 0.15) is 5.75 Å². The average molecular weight is 497 g/mol. The number of hydrogen-bond donors (Lipinski definition) is 1. The van der Waals surface area contributed by atoms with Gasteiger partial charge < -0.3 is 10.0 Å². The van der Waals surface area contributed by atoms with Crippen LogP contribution in [0.15, 0.2) is 109 Å². The molecule has 0 saturated carbocycles. The Morgan fingerprint density at radius 1 is 0.656 bits per heavy atom. The first-order valence-electron chi connectivity index (χ1n) is 10.8. The van der Waals surface area contributed by atoms with Gasteiger partial charge >= 0.3 is 90.4 Å². The zero-order valence-electron chi connectivity index (χ0n) is 18.4. The molecule has 0 radical (unpaired) electrons. The predicted molar refractivity (Wildman–Crippen MR) is 132 cm³/mol. The van der Waals surface area contributed by atoms with Crippen molar-refractivity contribution in [3.8, 4) is 5.75 Å². The van der Waals surface area contributed by atoms with Crippen molar-refractivity contribution in [1.29, 1.82) is 0 Å². The van der Waals surface area contributed by atoms with Gasteiger partial charge in [0.25, 0.3) is 0 Å². The maximum absolute atomic E-state index is 10.1. The van der Waals surface area contributed by atoms with Crippen LogP contribution in [-0.4, -0.2) is 19.2 Å². The van der Waals surface area contributed by atoms with Gasteiger partial charge in [0, 0.05) is 20.0 Å². The van der Waals surface area contributed by atoms with Crippen LogP contribution >= 0.6 is 0 Å². The van der Waals surface area contributed by atoms with Crippen molar-refractivity contribution < 1.29 is 28.3 Å². The molecule has 0 aliphatic heterocycles. The molecule has 1 N–H and O–H groups in total. The molecule has 1 unspecified atom stereocenters. The molecule has 158 valence electrons. The van der Waals surface area contributed by atoms with E-state index >= 15 is 0 Å². The Hall–Kier alpha value is -2.90. The van der Waals surface area contributed by atoms with Crippen molar-refractivity contribution in [3.63, 3.8) is 0 Å². The van der Waals surface area contributed by atoms with Crippen molar-refractivity contribution in [2.24, 2.45) is 0 Å². The first kappa shape index (κ1) is 22.3. The number of para-hydroxylation sites is 1. The van der Waals surface area contributed by atoms with Crippen molar-refractivity contribution in [2.45, 2.75) is 5.92 Å². The van der Waals surface area contributed by atoms with Crippen LogP contribution in [0.1, 0.15) is 22.6 Å². The minimum absolute atomic E-state index is 0.223. The van der Waals surface area contributed by atoms with E-state index in [2.05, 4.69) is 103 Å². The molecule has 0 heterocycles. The summed E-state index contributed by atoms with van der Waals surface area (Å²) in [6, 6.07) is 35.7. The Kier molecular flexibility index (Phi) is 7.40. The third kappa shape index (κ3) is 5.29. The molecule has 0 fully saturated rings. The van der Waals surface area contributed by atoms with Crippen molar-refractivity contribution in [1.82, 2.24) is 0 Å². The van der Waals surface area contributed by atoms with E-state index in [4.69, 9.17) is 0 Å². The summed E-state index contributed by atoms with van der Waals surface area (Å²) in [7, 11) is 3.92. The van der Waals surface area contributed by atoms with Gasteiger partial charge in [0.15, 0.2) is 0 Å². The standard InChI is InChI=1S/C17H17NO.2C6H5.Zr/c1-18(2)17-15(8-5-9-16(17)19)14-11-10-12-6-3-4-7-13(12)14;2*1-2-4-6-5-3-1;/h3-11,14,19H,1-2H3;2*1-5H;. The monoisotopic (exact) mass is 495 g/mol. The van der Waals surface area contributed by atoms with Gasteiger partial charge in [-0.05, 0) is 22.8 Å². The summed E-state index contributed by atoms with van der Waals surface area (Å²) in [4.78, 5) is 1.97. The van der Waals surface area contributed by atoms with Crippen LogP contribution in [-0.2, 0) is 23.2 Å². The van der Waals surface area contributed by atoms with E-state index in [0.717, 1.165) is 11.3 Å². The molecular formula is C29H27NOZr. The van der Waals surface area contributed by atoms with Crippen LogP contribution in [0.5, 0.6) is 5.75 Å². The van der Waals surface area contributed by atoms with E-state index in [1.54, 1.807) is 6.07 Å². The SMILES string of the molecule is CN(C)c1c(O)cccc1C1C=Cc2ccccc21.c1cc[c]([Zr][c]2ccccc2)cc1. The molecule has 3 heteroatoms. The molecule has 4 aromatic rings. The number of phenolic OH excluding ortho intramolecular Hbond substituents is 1. The zero-order valence-corrected chi connectivity index (χ0v) is 20.9. The second-order valence-corrected chi connectivity index (χ2v) is 11.4. The number of hydrogen-bond acceptors (Lipinski definition) is 2. The van der Waals surface area contributed by atoms with Crippen LogP contribution in [0, 0.1) is 0 Å². The van der Waals surface area contributed by atoms with E-state index in [-0.39, 0.29) is 5.92 Å². The number of allylic oxidation sites excluding steroid dienone is 1. The van der Waals surface area contributed by atoms with Crippen LogP contribution in [0.4, 0.5) is 5.69 Å². The number of rotatable bonds is 4. The summed E-state index contributed by atoms with van der Waals surface area (Å²) >= 11 is -0.517. The van der Waals surface area contributed by atoms with Crippen molar-refractivity contribution in [3.05, 3.63) is 126 Å². The molecule has 0 bridgehead atoms. The topological polar surface area (TPSA) is 23.5 Å². The van der Waals surface area contributed by atoms with Crippen LogP contribution in [0.25, 0.3) is 6.08 Å². The molecule has 5 rings (SSSR count). The number of aromatic hydroxyl groups is 1. The fraction of sp³-hybridized carbons (Fsp3) is 0.103. The van der Waals surface area contributed by atoms with Crippen LogP contribution in [0.2, 0.25) is 0 Å². The van der Waals surface area contributed by atoms with Gasteiger partial charge in [-0.2, -0.15) is 0 Å². The molecule has 0 aromatic heterocycles. The van der Waals surface area contributed by atoms with E-state index in [9.17, 15) is 5.11 Å². The van der Waals surface area contributed by atoms with Crippen molar-refractivity contribution >= 4 is 18.3 Å². The molecule has 2 nitrogen and oxygen atoms in total. The molecule has 4 aromatic carbocycles. The van der Waals surface area contributed by atoms with Crippen molar-refractivity contribution in [2.75, 3.05) is 19.0 Å². The Morgan fingerprint density at radius 2 is 1.22 bits per heavy atom. The quantitative estimate of drug-likeness (QED) is 0.412. The Labute approximate surface area is 202 Å². The number of benzene rings is 4. The van der Waals surface area contributed by atoms with E-state index in [0.29, 0.717) is 5.75 Å². The summed E-state index contributed by atoms with van der Waals surface area (Å²) in [6.07, 6.45) is 4.36. The Morgan fingerprint density at radius 3 is 1.84 bits per heavy atom. The van der Waals surface area contributed by atoms with Gasteiger partial charge in [-0.25, -0.2) is 0 Å². The van der Waals surface area contributed by atoms with Gasteiger partial charge in [-0.15, -0.1) is 0 Å². The van der Waals surface area contributed by atoms with Gasteiger partial charge in [-0.3, -0.25) is 0 Å². The zero-order chi connectivity index (χ0) is 22.3. The Balaban J connectivity index is 0.000000165. The average Bonchev–Trinajstić information content (AvgIpc) is 3.25. The van der Waals surface area contributed by atoms with Crippen LogP contribution in [0.3, 0.4) is 0 Å². The minimum atomic E-state index is -0.517. The second-order valence-electron chi connectivity index (χ2n) is 7.93. The van der Waals surface area contributed by atoms with Crippen LogP contribution < -0.4 is 11.4 Å². The third-order valence-corrected chi connectivity index (χ3v) is 8.52. The summed E-state index contributed by atoms with van der Waals surface area (Å²) in [6.45, 7) is 0. The second kappa shape index (κ2) is 10.6. The predicted octanol–water partition coefficient (Wildman–Crippen LogP) is 5.34. The summed E-state index contributed by atoms with van der Waals surface area (Å²) in [5, 5.41) is 10.1. The summed E-state index contributed by atoms with van der Waals surface area (Å²) in [5.41, 5.74) is 4.61. The molecule has 1 aliphatic rings. The number of phenols is 1. The molecule has 0 spiro atoms.